The molecule has 4 bridgehead atoms. The van der Waals surface area contributed by atoms with Gasteiger partial charge < -0.3 is 10.6 Å². The minimum absolute atomic E-state index is 0.00351. The molecule has 0 aromatic rings. The molecule has 1 unspecified atom stereocenters. The van der Waals surface area contributed by atoms with Crippen LogP contribution in [0.1, 0.15) is 51.9 Å². The molecule has 5 rings (SSSR count). The van der Waals surface area contributed by atoms with Gasteiger partial charge in [-0.3, -0.25) is 14.5 Å². The van der Waals surface area contributed by atoms with E-state index in [0.29, 0.717) is 12.6 Å². The number of hydrogen-bond acceptors (Lipinski definition) is 3. The monoisotopic (exact) mass is 333 g/mol. The van der Waals surface area contributed by atoms with Gasteiger partial charge in [-0.2, -0.15) is 0 Å². The molecule has 24 heavy (non-hydrogen) atoms. The third kappa shape index (κ3) is 3.19. The van der Waals surface area contributed by atoms with Gasteiger partial charge in [-0.15, -0.1) is 0 Å². The van der Waals surface area contributed by atoms with Crippen molar-refractivity contribution in [3.63, 3.8) is 0 Å². The van der Waals surface area contributed by atoms with Crippen LogP contribution in [0.2, 0.25) is 0 Å². The largest absolute Gasteiger partial charge is 0.355 e. The maximum absolute atomic E-state index is 12.9. The Morgan fingerprint density at radius 3 is 2.33 bits per heavy atom. The Morgan fingerprint density at radius 1 is 1.04 bits per heavy atom. The van der Waals surface area contributed by atoms with Gasteiger partial charge in [0.1, 0.15) is 0 Å². The van der Waals surface area contributed by atoms with Gasteiger partial charge in [-0.1, -0.05) is 0 Å². The van der Waals surface area contributed by atoms with Crippen LogP contribution in [0.3, 0.4) is 0 Å². The van der Waals surface area contributed by atoms with Crippen molar-refractivity contribution < 1.29 is 9.59 Å². The van der Waals surface area contributed by atoms with E-state index in [4.69, 9.17) is 0 Å². The molecule has 1 saturated heterocycles. The summed E-state index contributed by atoms with van der Waals surface area (Å²) in [6, 6.07) is 0.444. The molecular formula is C19H31N3O2. The number of hydrogen-bond donors (Lipinski definition) is 2. The molecule has 4 aliphatic carbocycles. The van der Waals surface area contributed by atoms with E-state index < -0.39 is 0 Å². The number of rotatable bonds is 5. The zero-order valence-corrected chi connectivity index (χ0v) is 14.8. The van der Waals surface area contributed by atoms with E-state index >= 15 is 0 Å². The van der Waals surface area contributed by atoms with Gasteiger partial charge in [-0.25, -0.2) is 0 Å². The molecule has 5 aliphatic rings. The van der Waals surface area contributed by atoms with Crippen LogP contribution in [-0.4, -0.2) is 48.4 Å². The van der Waals surface area contributed by atoms with Crippen molar-refractivity contribution in [3.05, 3.63) is 0 Å². The highest BCUT2D eigenvalue weighted by molar-refractivity contribution is 5.82. The van der Waals surface area contributed by atoms with E-state index in [0.717, 1.165) is 49.6 Å². The maximum atomic E-state index is 12.9. The summed E-state index contributed by atoms with van der Waals surface area (Å²) in [6.45, 7) is 3.93. The minimum atomic E-state index is 0.00351. The molecule has 0 aromatic heterocycles. The average molecular weight is 333 g/mol. The zero-order chi connectivity index (χ0) is 16.7. The summed E-state index contributed by atoms with van der Waals surface area (Å²) < 4.78 is 0. The zero-order valence-electron chi connectivity index (χ0n) is 14.8. The third-order valence-electron chi connectivity index (χ3n) is 6.97. The van der Waals surface area contributed by atoms with Crippen LogP contribution in [0.5, 0.6) is 0 Å². The maximum Gasteiger partial charge on any atom is 0.237 e. The molecule has 1 heterocycles. The van der Waals surface area contributed by atoms with Crippen molar-refractivity contribution >= 4 is 11.8 Å². The van der Waals surface area contributed by atoms with E-state index in [1.54, 1.807) is 6.92 Å². The summed E-state index contributed by atoms with van der Waals surface area (Å²) in [6.07, 6.45) is 8.86. The lowest BCUT2D eigenvalue weighted by Crippen LogP contribution is -2.58. The highest BCUT2D eigenvalue weighted by Gasteiger charge is 2.49. The van der Waals surface area contributed by atoms with Crippen LogP contribution in [0, 0.1) is 23.7 Å². The quantitative estimate of drug-likeness (QED) is 0.802. The number of carbonyl (C=O) groups is 2. The van der Waals surface area contributed by atoms with E-state index in [9.17, 15) is 9.59 Å². The Morgan fingerprint density at radius 2 is 1.71 bits per heavy atom. The second-order valence-electron chi connectivity index (χ2n) is 8.64. The fourth-order valence-corrected chi connectivity index (χ4v) is 6.19. The fourth-order valence-electron chi connectivity index (χ4n) is 6.19. The topological polar surface area (TPSA) is 61.4 Å². The lowest BCUT2D eigenvalue weighted by Gasteiger charge is -2.54. The van der Waals surface area contributed by atoms with Crippen LogP contribution in [-0.2, 0) is 9.59 Å². The molecule has 5 nitrogen and oxygen atoms in total. The average Bonchev–Trinajstić information content (AvgIpc) is 2.98. The predicted molar refractivity (Wildman–Crippen MR) is 92.3 cm³/mol. The molecule has 1 atom stereocenters. The predicted octanol–water partition coefficient (Wildman–Crippen LogP) is 1.53. The van der Waals surface area contributed by atoms with E-state index in [1.807, 2.05) is 0 Å². The first-order valence-electron chi connectivity index (χ1n) is 9.89. The summed E-state index contributed by atoms with van der Waals surface area (Å²) in [4.78, 5) is 26.2. The number of carbonyl (C=O) groups excluding carboxylic acids is 2. The Bertz CT molecular complexity index is 479. The summed E-state index contributed by atoms with van der Waals surface area (Å²) in [5.74, 6) is 3.61. The van der Waals surface area contributed by atoms with Crippen LogP contribution in [0.15, 0.2) is 0 Å². The molecule has 2 N–H and O–H groups in total. The Kier molecular flexibility index (Phi) is 4.54. The number of nitrogens with one attached hydrogen (secondary N) is 2. The van der Waals surface area contributed by atoms with E-state index in [1.165, 1.54) is 32.1 Å². The van der Waals surface area contributed by atoms with Crippen LogP contribution in [0.25, 0.3) is 0 Å². The summed E-state index contributed by atoms with van der Waals surface area (Å²) in [5.41, 5.74) is 0. The SMILES string of the molecule is CC(=O)NCCN1CCCC1C(=O)NC1C2CC3CC(C2)CC1C3. The first-order valence-corrected chi connectivity index (χ1v) is 9.89. The number of likely N-dealkylation sites (tertiary alicyclic amines) is 1. The van der Waals surface area contributed by atoms with Gasteiger partial charge in [-0.05, 0) is 75.2 Å². The summed E-state index contributed by atoms with van der Waals surface area (Å²) in [7, 11) is 0. The Balaban J connectivity index is 1.33. The molecule has 134 valence electrons. The van der Waals surface area contributed by atoms with Crippen molar-refractivity contribution in [2.24, 2.45) is 23.7 Å². The minimum Gasteiger partial charge on any atom is -0.355 e. The van der Waals surface area contributed by atoms with Gasteiger partial charge in [0.05, 0.1) is 6.04 Å². The molecule has 2 amide bonds. The highest BCUT2D eigenvalue weighted by Crippen LogP contribution is 2.53. The van der Waals surface area contributed by atoms with Gasteiger partial charge in [0.25, 0.3) is 0 Å². The Labute approximate surface area is 144 Å². The molecule has 1 aliphatic heterocycles. The lowest BCUT2D eigenvalue weighted by atomic mass is 9.54. The molecule has 5 heteroatoms. The lowest BCUT2D eigenvalue weighted by molar-refractivity contribution is -0.129. The van der Waals surface area contributed by atoms with Gasteiger partial charge in [0.15, 0.2) is 0 Å². The van der Waals surface area contributed by atoms with Crippen molar-refractivity contribution in [1.82, 2.24) is 15.5 Å². The smallest absolute Gasteiger partial charge is 0.237 e. The van der Waals surface area contributed by atoms with Crippen LogP contribution < -0.4 is 10.6 Å². The first-order chi connectivity index (χ1) is 11.6. The van der Waals surface area contributed by atoms with Crippen molar-refractivity contribution in [3.8, 4) is 0 Å². The van der Waals surface area contributed by atoms with E-state index in [2.05, 4.69) is 15.5 Å². The third-order valence-corrected chi connectivity index (χ3v) is 6.97. The number of nitrogens with zero attached hydrogens (tertiary/aromatic N) is 1. The van der Waals surface area contributed by atoms with Crippen LogP contribution >= 0.6 is 0 Å². The first kappa shape index (κ1) is 16.4. The van der Waals surface area contributed by atoms with Crippen molar-refractivity contribution in [1.29, 1.82) is 0 Å². The second-order valence-corrected chi connectivity index (χ2v) is 8.64. The Hall–Kier alpha value is -1.10. The highest BCUT2D eigenvalue weighted by atomic mass is 16.2. The van der Waals surface area contributed by atoms with Gasteiger partial charge >= 0.3 is 0 Å². The molecule has 0 radical (unpaired) electrons. The fraction of sp³-hybridized carbons (Fsp3) is 0.895. The van der Waals surface area contributed by atoms with Crippen molar-refractivity contribution in [2.45, 2.75) is 64.0 Å². The standard InChI is InChI=1S/C19H31N3O2/c1-12(23)20-4-6-22-5-2-3-17(22)19(24)21-18-15-8-13-7-14(10-15)11-16(18)9-13/h13-18H,2-11H2,1H3,(H,20,23)(H,21,24). The van der Waals surface area contributed by atoms with E-state index in [-0.39, 0.29) is 17.9 Å². The second kappa shape index (κ2) is 6.66. The molecule has 0 spiro atoms. The molecular weight excluding hydrogens is 302 g/mol. The van der Waals surface area contributed by atoms with Gasteiger partial charge in [0.2, 0.25) is 11.8 Å². The normalized spacial score (nSPS) is 40.7. The summed E-state index contributed by atoms with van der Waals surface area (Å²) >= 11 is 0. The molecule has 0 aromatic carbocycles. The molecule has 4 saturated carbocycles. The molecule has 5 fully saturated rings. The van der Waals surface area contributed by atoms with Gasteiger partial charge in [0, 0.05) is 26.1 Å². The van der Waals surface area contributed by atoms with Crippen molar-refractivity contribution in [2.75, 3.05) is 19.6 Å². The summed E-state index contributed by atoms with van der Waals surface area (Å²) in [5, 5.41) is 6.31. The van der Waals surface area contributed by atoms with Crippen LogP contribution in [0.4, 0.5) is 0 Å². The number of amides is 2.